The molecule has 0 bridgehead atoms. The first-order valence-electron chi connectivity index (χ1n) is 9.12. The van der Waals surface area contributed by atoms with Crippen LogP contribution in [0.5, 0.6) is 0 Å². The number of nitrogens with one attached hydrogen (secondary N) is 2. The molecule has 0 heterocycles. The van der Waals surface area contributed by atoms with Crippen LogP contribution in [0, 0.1) is 5.82 Å². The summed E-state index contributed by atoms with van der Waals surface area (Å²) >= 11 is 0. The molecule has 6 N–H and O–H groups in total. The number of benzene rings is 1. The highest BCUT2D eigenvalue weighted by atomic mass is 19.1. The zero-order valence-corrected chi connectivity index (χ0v) is 15.9. The molecule has 1 atom stereocenters. The second kappa shape index (κ2) is 11.7. The summed E-state index contributed by atoms with van der Waals surface area (Å²) in [5.74, 6) is -2.60. The lowest BCUT2D eigenvalue weighted by Gasteiger charge is -2.18. The highest BCUT2D eigenvalue weighted by Crippen LogP contribution is 2.20. The Bertz CT molecular complexity index is 724. The largest absolute Gasteiger partial charge is 0.370 e. The summed E-state index contributed by atoms with van der Waals surface area (Å²) in [7, 11) is 0. The van der Waals surface area contributed by atoms with Crippen molar-refractivity contribution in [3.63, 3.8) is 0 Å². The Balaban J connectivity index is 2.72. The predicted octanol–water partition coefficient (Wildman–Crippen LogP) is 1.12. The number of hydrogen-bond donors (Lipinski definition) is 4. The summed E-state index contributed by atoms with van der Waals surface area (Å²) in [6.45, 7) is 1.24. The number of carbonyl (C=O) groups excluding carboxylic acids is 4. The Morgan fingerprint density at radius 2 is 1.71 bits per heavy atom. The number of halogens is 1. The van der Waals surface area contributed by atoms with Crippen molar-refractivity contribution in [2.75, 3.05) is 5.32 Å². The first-order valence-corrected chi connectivity index (χ1v) is 9.12. The number of hydrogen-bond acceptors (Lipinski definition) is 4. The minimum atomic E-state index is -0.998. The van der Waals surface area contributed by atoms with Crippen LogP contribution in [0.4, 0.5) is 10.1 Å². The SMILES string of the molecule is CC(=O)N[C@@H](CCC(N)=O)C(=O)Nc1cccc(CCCCCC(N)=O)c1F. The molecule has 0 aliphatic carbocycles. The number of rotatable bonds is 12. The van der Waals surface area contributed by atoms with E-state index in [0.29, 0.717) is 31.2 Å². The molecule has 0 fully saturated rings. The molecule has 8 nitrogen and oxygen atoms in total. The van der Waals surface area contributed by atoms with Crippen LogP contribution in [0.15, 0.2) is 18.2 Å². The number of anilines is 1. The van der Waals surface area contributed by atoms with Crippen LogP contribution in [0.2, 0.25) is 0 Å². The Morgan fingerprint density at radius 1 is 1.04 bits per heavy atom. The van der Waals surface area contributed by atoms with Crippen LogP contribution in [-0.4, -0.2) is 29.7 Å². The zero-order valence-electron chi connectivity index (χ0n) is 15.9. The fourth-order valence-electron chi connectivity index (χ4n) is 2.68. The average molecular weight is 394 g/mol. The van der Waals surface area contributed by atoms with Gasteiger partial charge in [0.05, 0.1) is 5.69 Å². The van der Waals surface area contributed by atoms with Gasteiger partial charge in [0.2, 0.25) is 23.6 Å². The van der Waals surface area contributed by atoms with Crippen LogP contribution >= 0.6 is 0 Å². The minimum absolute atomic E-state index is 0.00550. The number of unbranched alkanes of at least 4 members (excludes halogenated alkanes) is 2. The van der Waals surface area contributed by atoms with Crippen molar-refractivity contribution >= 4 is 29.3 Å². The van der Waals surface area contributed by atoms with E-state index in [1.54, 1.807) is 12.1 Å². The molecule has 4 amide bonds. The second-order valence-corrected chi connectivity index (χ2v) is 6.55. The molecule has 0 aliphatic heterocycles. The Labute approximate surface area is 163 Å². The van der Waals surface area contributed by atoms with E-state index >= 15 is 0 Å². The molecule has 1 aromatic carbocycles. The lowest BCUT2D eigenvalue weighted by molar-refractivity contribution is -0.126. The summed E-state index contributed by atoms with van der Waals surface area (Å²) in [6, 6.07) is 3.66. The second-order valence-electron chi connectivity index (χ2n) is 6.55. The number of nitrogens with two attached hydrogens (primary N) is 2. The summed E-state index contributed by atoms with van der Waals surface area (Å²) < 4.78 is 14.7. The topological polar surface area (TPSA) is 144 Å². The zero-order chi connectivity index (χ0) is 21.1. The van der Waals surface area contributed by atoms with Crippen molar-refractivity contribution in [3.8, 4) is 0 Å². The summed E-state index contributed by atoms with van der Waals surface area (Å²) in [6.07, 6.45) is 2.73. The van der Waals surface area contributed by atoms with Crippen LogP contribution in [0.1, 0.15) is 51.0 Å². The Kier molecular flexibility index (Phi) is 9.63. The van der Waals surface area contributed by atoms with Crippen LogP contribution in [-0.2, 0) is 25.6 Å². The maximum atomic E-state index is 14.7. The average Bonchev–Trinajstić information content (AvgIpc) is 2.60. The molecular formula is C19H27FN4O4. The third-order valence-electron chi connectivity index (χ3n) is 4.08. The van der Waals surface area contributed by atoms with Gasteiger partial charge in [0.25, 0.3) is 0 Å². The fourth-order valence-corrected chi connectivity index (χ4v) is 2.68. The van der Waals surface area contributed by atoms with Crippen molar-refractivity contribution < 1.29 is 23.6 Å². The van der Waals surface area contributed by atoms with Crippen molar-refractivity contribution in [3.05, 3.63) is 29.6 Å². The first kappa shape index (κ1) is 23.1. The third-order valence-corrected chi connectivity index (χ3v) is 4.08. The quantitative estimate of drug-likeness (QED) is 0.394. The molecule has 0 aliphatic rings. The smallest absolute Gasteiger partial charge is 0.247 e. The van der Waals surface area contributed by atoms with Gasteiger partial charge in [-0.3, -0.25) is 19.2 Å². The van der Waals surface area contributed by atoms with Gasteiger partial charge in [-0.1, -0.05) is 18.6 Å². The van der Waals surface area contributed by atoms with E-state index in [9.17, 15) is 23.6 Å². The molecule has 0 saturated heterocycles. The van der Waals surface area contributed by atoms with E-state index in [1.807, 2.05) is 0 Å². The van der Waals surface area contributed by atoms with Gasteiger partial charge in [-0.2, -0.15) is 0 Å². The van der Waals surface area contributed by atoms with E-state index < -0.39 is 29.6 Å². The Morgan fingerprint density at radius 3 is 2.32 bits per heavy atom. The van der Waals surface area contributed by atoms with Gasteiger partial charge in [-0.15, -0.1) is 0 Å². The lowest BCUT2D eigenvalue weighted by atomic mass is 10.0. The third kappa shape index (κ3) is 8.61. The lowest BCUT2D eigenvalue weighted by Crippen LogP contribution is -2.43. The number of primary amides is 2. The highest BCUT2D eigenvalue weighted by Gasteiger charge is 2.21. The summed E-state index contributed by atoms with van der Waals surface area (Å²) in [5.41, 5.74) is 10.6. The highest BCUT2D eigenvalue weighted by molar-refractivity contribution is 5.97. The van der Waals surface area contributed by atoms with E-state index in [1.165, 1.54) is 13.0 Å². The monoisotopic (exact) mass is 394 g/mol. The maximum absolute atomic E-state index is 14.7. The molecule has 0 unspecified atom stereocenters. The normalized spacial score (nSPS) is 11.5. The molecule has 0 radical (unpaired) electrons. The predicted molar refractivity (Wildman–Crippen MR) is 102 cm³/mol. The molecule has 0 spiro atoms. The molecule has 1 rings (SSSR count). The molecule has 9 heteroatoms. The minimum Gasteiger partial charge on any atom is -0.370 e. The van der Waals surface area contributed by atoms with E-state index in [2.05, 4.69) is 10.6 Å². The molecule has 154 valence electrons. The van der Waals surface area contributed by atoms with Gasteiger partial charge in [-0.25, -0.2) is 4.39 Å². The molecule has 1 aromatic rings. The maximum Gasteiger partial charge on any atom is 0.247 e. The van der Waals surface area contributed by atoms with Crippen LogP contribution in [0.25, 0.3) is 0 Å². The summed E-state index contributed by atoms with van der Waals surface area (Å²) in [5, 5.41) is 4.88. The first-order chi connectivity index (χ1) is 13.2. The van der Waals surface area contributed by atoms with Gasteiger partial charge in [0.15, 0.2) is 0 Å². The summed E-state index contributed by atoms with van der Waals surface area (Å²) in [4.78, 5) is 45.3. The molecule has 0 saturated carbocycles. The van der Waals surface area contributed by atoms with Crippen LogP contribution in [0.3, 0.4) is 0 Å². The number of amides is 4. The van der Waals surface area contributed by atoms with Gasteiger partial charge in [-0.05, 0) is 37.3 Å². The fraction of sp³-hybridized carbons (Fsp3) is 0.474. The van der Waals surface area contributed by atoms with Crippen molar-refractivity contribution in [2.24, 2.45) is 11.5 Å². The van der Waals surface area contributed by atoms with Crippen molar-refractivity contribution in [2.45, 2.75) is 57.9 Å². The van der Waals surface area contributed by atoms with Crippen LogP contribution < -0.4 is 22.1 Å². The van der Waals surface area contributed by atoms with Crippen molar-refractivity contribution in [1.29, 1.82) is 0 Å². The van der Waals surface area contributed by atoms with Crippen molar-refractivity contribution in [1.82, 2.24) is 5.32 Å². The van der Waals surface area contributed by atoms with Gasteiger partial charge in [0, 0.05) is 19.8 Å². The van der Waals surface area contributed by atoms with Gasteiger partial charge < -0.3 is 22.1 Å². The number of carbonyl (C=O) groups is 4. The standard InChI is InChI=1S/C19H27FN4O4/c1-12(25)23-15(10-11-17(22)27)19(28)24-14-8-5-7-13(18(14)20)6-3-2-4-9-16(21)26/h5,7-8,15H,2-4,6,9-11H2,1H3,(H2,21,26)(H2,22,27)(H,23,25)(H,24,28)/t15-/m0/s1. The molecular weight excluding hydrogens is 367 g/mol. The van der Waals surface area contributed by atoms with E-state index in [4.69, 9.17) is 11.5 Å². The van der Waals surface area contributed by atoms with Gasteiger partial charge >= 0.3 is 0 Å². The molecule has 28 heavy (non-hydrogen) atoms. The van der Waals surface area contributed by atoms with Gasteiger partial charge in [0.1, 0.15) is 11.9 Å². The van der Waals surface area contributed by atoms with E-state index in [-0.39, 0.29) is 24.4 Å². The Hall–Kier alpha value is -2.97. The van der Waals surface area contributed by atoms with E-state index in [0.717, 1.165) is 6.42 Å². The number of aryl methyl sites for hydroxylation is 1. The molecule has 0 aromatic heterocycles.